The summed E-state index contributed by atoms with van der Waals surface area (Å²) in [6, 6.07) is 14.1. The highest BCUT2D eigenvalue weighted by molar-refractivity contribution is 6.09. The number of rotatable bonds is 8. The van der Waals surface area contributed by atoms with Crippen molar-refractivity contribution in [3.63, 3.8) is 0 Å². The molecule has 0 aliphatic heterocycles. The second kappa shape index (κ2) is 18.4. The molecule has 32 heavy (non-hydrogen) atoms. The highest BCUT2D eigenvalue weighted by Gasteiger charge is 2.05. The molecule has 0 bridgehead atoms. The zero-order valence-electron chi connectivity index (χ0n) is 20.5. The van der Waals surface area contributed by atoms with Crippen molar-refractivity contribution in [3.8, 4) is 0 Å². The molecule has 170 valence electrons. The van der Waals surface area contributed by atoms with Gasteiger partial charge in [0.2, 0.25) is 0 Å². The molecule has 0 radical (unpaired) electrons. The van der Waals surface area contributed by atoms with Gasteiger partial charge in [0.05, 0.1) is 18.0 Å². The molecule has 3 nitrogen and oxygen atoms in total. The number of aryl methyl sites for hydroxylation is 1. The first-order valence-corrected chi connectivity index (χ1v) is 11.1. The number of pyridine rings is 1. The summed E-state index contributed by atoms with van der Waals surface area (Å²) < 4.78 is 0. The Kier molecular flexibility index (Phi) is 16.5. The minimum Gasteiger partial charge on any atom is -0.280 e. The lowest BCUT2D eigenvalue weighted by atomic mass is 10.1. The van der Waals surface area contributed by atoms with Crippen molar-refractivity contribution < 1.29 is 0 Å². The number of benzene rings is 1. The van der Waals surface area contributed by atoms with Gasteiger partial charge in [-0.25, -0.2) is 0 Å². The smallest absolute Gasteiger partial charge is 0.0712 e. The first-order valence-electron chi connectivity index (χ1n) is 11.1. The first kappa shape index (κ1) is 28.7. The summed E-state index contributed by atoms with van der Waals surface area (Å²) in [5.41, 5.74) is 5.62. The van der Waals surface area contributed by atoms with Gasteiger partial charge in [-0.05, 0) is 55.8 Å². The molecular weight excluding hydrogens is 390 g/mol. The van der Waals surface area contributed by atoms with Crippen molar-refractivity contribution in [2.75, 3.05) is 0 Å². The third-order valence-electron chi connectivity index (χ3n) is 4.03. The maximum absolute atomic E-state index is 4.78. The Labute approximate surface area is 195 Å². The Morgan fingerprint density at radius 3 is 2.09 bits per heavy atom. The van der Waals surface area contributed by atoms with Crippen molar-refractivity contribution in [1.82, 2.24) is 4.98 Å². The number of aliphatic imine (C=N–C) groups is 2. The van der Waals surface area contributed by atoms with E-state index in [9.17, 15) is 0 Å². The predicted octanol–water partition coefficient (Wildman–Crippen LogP) is 8.09. The van der Waals surface area contributed by atoms with Gasteiger partial charge in [0, 0.05) is 11.9 Å². The second-order valence-electron chi connectivity index (χ2n) is 6.92. The van der Waals surface area contributed by atoms with Crippen LogP contribution < -0.4 is 0 Å². The van der Waals surface area contributed by atoms with Crippen LogP contribution in [0.1, 0.15) is 57.4 Å². The number of aromatic nitrogens is 1. The largest absolute Gasteiger partial charge is 0.280 e. The molecule has 0 unspecified atom stereocenters. The monoisotopic (exact) mass is 429 g/mol. The molecule has 0 atom stereocenters. The molecule has 0 amide bonds. The number of hydrogen-bond acceptors (Lipinski definition) is 3. The van der Waals surface area contributed by atoms with Gasteiger partial charge in [0.15, 0.2) is 0 Å². The summed E-state index contributed by atoms with van der Waals surface area (Å²) in [5, 5.41) is 0. The zero-order chi connectivity index (χ0) is 24.2. The van der Waals surface area contributed by atoms with E-state index in [-0.39, 0.29) is 0 Å². The number of hydrogen-bond donors (Lipinski definition) is 0. The van der Waals surface area contributed by atoms with Gasteiger partial charge in [-0.2, -0.15) is 0 Å². The van der Waals surface area contributed by atoms with Gasteiger partial charge in [-0.3, -0.25) is 15.0 Å². The average Bonchev–Trinajstić information content (AvgIpc) is 2.83. The first-order chi connectivity index (χ1) is 15.5. The van der Waals surface area contributed by atoms with E-state index < -0.39 is 0 Å². The predicted molar refractivity (Wildman–Crippen MR) is 144 cm³/mol. The van der Waals surface area contributed by atoms with Gasteiger partial charge in [0.25, 0.3) is 0 Å². The lowest BCUT2D eigenvalue weighted by Crippen LogP contribution is -2.00. The standard InChI is InChI=1S/C22H23N3.C4H8.C3H8/c1-5-19(6-2)21(23-4)14-22(20-10-8-7-9-11-20)25-16-18-13-12-17(3)24-15-18;1-3-4-2;1-3-2/h5-15H,1,4,16H2,2-3H3;3H,1,4H2,2H3;3H2,1-2H3/b19-6+,21-14-,25-22?;;. The molecule has 0 fully saturated rings. The van der Waals surface area contributed by atoms with Crippen LogP contribution >= 0.6 is 0 Å². The molecule has 0 aliphatic carbocycles. The van der Waals surface area contributed by atoms with Crippen molar-refractivity contribution in [3.05, 3.63) is 114 Å². The van der Waals surface area contributed by atoms with Crippen LogP contribution in [0.25, 0.3) is 0 Å². The van der Waals surface area contributed by atoms with Crippen LogP contribution in [0.3, 0.4) is 0 Å². The van der Waals surface area contributed by atoms with E-state index in [2.05, 4.69) is 50.6 Å². The van der Waals surface area contributed by atoms with Crippen LogP contribution in [0.15, 0.2) is 107 Å². The van der Waals surface area contributed by atoms with Gasteiger partial charge < -0.3 is 0 Å². The molecule has 0 spiro atoms. The fourth-order valence-corrected chi connectivity index (χ4v) is 2.32. The van der Waals surface area contributed by atoms with E-state index in [1.165, 1.54) is 6.42 Å². The Hall–Kier alpha value is -3.33. The van der Waals surface area contributed by atoms with Crippen molar-refractivity contribution in [2.24, 2.45) is 9.98 Å². The van der Waals surface area contributed by atoms with E-state index in [1.54, 1.807) is 6.08 Å². The van der Waals surface area contributed by atoms with Crippen molar-refractivity contribution >= 4 is 12.4 Å². The van der Waals surface area contributed by atoms with Crippen LogP contribution in [0, 0.1) is 6.92 Å². The summed E-state index contributed by atoms with van der Waals surface area (Å²) in [6.45, 7) is 21.8. The highest BCUT2D eigenvalue weighted by Crippen LogP contribution is 2.15. The third-order valence-corrected chi connectivity index (χ3v) is 4.03. The Morgan fingerprint density at radius 1 is 1.03 bits per heavy atom. The molecule has 0 N–H and O–H groups in total. The minimum atomic E-state index is 0.553. The molecule has 1 aromatic carbocycles. The second-order valence-corrected chi connectivity index (χ2v) is 6.92. The van der Waals surface area contributed by atoms with Gasteiger partial charge in [0.1, 0.15) is 0 Å². The minimum absolute atomic E-state index is 0.553. The maximum atomic E-state index is 4.78. The molecule has 0 saturated carbocycles. The molecule has 0 aliphatic rings. The molecule has 1 heterocycles. The fraction of sp³-hybridized carbons (Fsp3) is 0.276. The summed E-state index contributed by atoms with van der Waals surface area (Å²) in [6.07, 6.45) is 11.7. The van der Waals surface area contributed by atoms with Crippen LogP contribution in [-0.2, 0) is 6.54 Å². The van der Waals surface area contributed by atoms with Crippen LogP contribution in [0.4, 0.5) is 0 Å². The van der Waals surface area contributed by atoms with E-state index >= 15 is 0 Å². The Bertz CT molecular complexity index is 886. The summed E-state index contributed by atoms with van der Waals surface area (Å²) in [5.74, 6) is 0. The van der Waals surface area contributed by atoms with E-state index in [0.717, 1.165) is 40.2 Å². The van der Waals surface area contributed by atoms with Gasteiger partial charge in [-0.15, -0.1) is 6.58 Å². The summed E-state index contributed by atoms with van der Waals surface area (Å²) >= 11 is 0. The molecule has 2 aromatic rings. The normalized spacial score (nSPS) is 11.3. The average molecular weight is 430 g/mol. The van der Waals surface area contributed by atoms with Crippen LogP contribution in [0.2, 0.25) is 0 Å². The molecule has 0 saturated heterocycles. The van der Waals surface area contributed by atoms with Crippen molar-refractivity contribution in [2.45, 2.75) is 54.0 Å². The maximum Gasteiger partial charge on any atom is 0.0712 e. The van der Waals surface area contributed by atoms with E-state index in [4.69, 9.17) is 4.99 Å². The topological polar surface area (TPSA) is 37.6 Å². The zero-order valence-corrected chi connectivity index (χ0v) is 20.5. The lowest BCUT2D eigenvalue weighted by Gasteiger charge is -2.07. The molecule has 3 heteroatoms. The van der Waals surface area contributed by atoms with Gasteiger partial charge in [-0.1, -0.05) is 88.4 Å². The van der Waals surface area contributed by atoms with E-state index in [1.807, 2.05) is 80.7 Å². The molecule has 2 rings (SSSR count). The quantitative estimate of drug-likeness (QED) is 0.237. The Balaban J connectivity index is 0.00000121. The SMILES string of the molecule is C=CC(=C\C)/C(=C/C(=NCc1ccc(C)nc1)c1ccccc1)N=C.C=CCC.CCC. The van der Waals surface area contributed by atoms with Crippen molar-refractivity contribution in [1.29, 1.82) is 0 Å². The lowest BCUT2D eigenvalue weighted by molar-refractivity contribution is 1.03. The third kappa shape index (κ3) is 11.8. The summed E-state index contributed by atoms with van der Waals surface area (Å²) in [7, 11) is 0. The Morgan fingerprint density at radius 2 is 1.66 bits per heavy atom. The molecule has 1 aromatic heterocycles. The van der Waals surface area contributed by atoms with Crippen LogP contribution in [-0.4, -0.2) is 17.4 Å². The highest BCUT2D eigenvalue weighted by atomic mass is 14.8. The van der Waals surface area contributed by atoms with Crippen LogP contribution in [0.5, 0.6) is 0 Å². The van der Waals surface area contributed by atoms with E-state index in [0.29, 0.717) is 6.54 Å². The van der Waals surface area contributed by atoms with Gasteiger partial charge >= 0.3 is 0 Å². The molecular formula is C29H39N3. The summed E-state index contributed by atoms with van der Waals surface area (Å²) in [4.78, 5) is 13.3. The fourth-order valence-electron chi connectivity index (χ4n) is 2.32. The number of nitrogens with zero attached hydrogens (tertiary/aromatic N) is 3. The number of allylic oxidation sites excluding steroid dienone is 4.